The van der Waals surface area contributed by atoms with Gasteiger partial charge < -0.3 is 14.4 Å². The summed E-state index contributed by atoms with van der Waals surface area (Å²) in [7, 11) is 3.26. The molecule has 2 rings (SSSR count). The topological polar surface area (TPSA) is 38.8 Å². The second-order valence-corrected chi connectivity index (χ2v) is 6.40. The molecule has 4 nitrogen and oxygen atoms in total. The van der Waals surface area contributed by atoms with Gasteiger partial charge >= 0.3 is 0 Å². The van der Waals surface area contributed by atoms with Gasteiger partial charge in [-0.25, -0.2) is 0 Å². The van der Waals surface area contributed by atoms with Crippen LogP contribution in [0.15, 0.2) is 42.5 Å². The van der Waals surface area contributed by atoms with E-state index >= 15 is 0 Å². The molecule has 2 aromatic rings. The molecule has 0 heterocycles. The number of halogens is 2. The fourth-order valence-corrected chi connectivity index (χ4v) is 2.89. The fraction of sp³-hybridized carbons (Fsp3) is 0.250. The molecule has 0 bridgehead atoms. The first-order chi connectivity index (χ1) is 12.5. The Hall–Kier alpha value is -2.17. The van der Waals surface area contributed by atoms with Crippen LogP contribution in [0.25, 0.3) is 6.08 Å². The number of likely N-dealkylation sites (N-methyl/N-ethyl adjacent to an activating group) is 1. The van der Waals surface area contributed by atoms with Gasteiger partial charge in [-0.15, -0.1) is 0 Å². The summed E-state index contributed by atoms with van der Waals surface area (Å²) >= 11 is 12.4. The van der Waals surface area contributed by atoms with E-state index in [4.69, 9.17) is 32.7 Å². The Morgan fingerprint density at radius 2 is 1.92 bits per heavy atom. The Labute approximate surface area is 163 Å². The van der Waals surface area contributed by atoms with Crippen molar-refractivity contribution in [2.24, 2.45) is 0 Å². The number of nitrogens with zero attached hydrogens (tertiary/aromatic N) is 1. The zero-order valence-electron chi connectivity index (χ0n) is 15.0. The SMILES string of the molecule is CCOc1cc(/C=C/C(=O)N(C)Cc2ccccc2Cl)cc(Cl)c1OC. The standard InChI is InChI=1S/C20H21Cl2NO3/c1-4-26-18-12-14(11-17(22)20(18)25-3)9-10-19(24)23(2)13-15-7-5-6-8-16(15)21/h5-12H,4,13H2,1-3H3/b10-9+. The predicted octanol–water partition coefficient (Wildman–Crippen LogP) is 5.07. The second kappa shape index (κ2) is 9.51. The van der Waals surface area contributed by atoms with Crippen molar-refractivity contribution in [3.8, 4) is 11.5 Å². The van der Waals surface area contributed by atoms with E-state index in [1.54, 1.807) is 36.2 Å². The third kappa shape index (κ3) is 5.16. The van der Waals surface area contributed by atoms with Crippen LogP contribution in [-0.4, -0.2) is 31.6 Å². The van der Waals surface area contributed by atoms with Crippen LogP contribution < -0.4 is 9.47 Å². The maximum Gasteiger partial charge on any atom is 0.246 e. The van der Waals surface area contributed by atoms with Crippen molar-refractivity contribution in [1.29, 1.82) is 0 Å². The number of ether oxygens (including phenoxy) is 2. The summed E-state index contributed by atoms with van der Waals surface area (Å²) in [5, 5.41) is 1.06. The molecule has 6 heteroatoms. The van der Waals surface area contributed by atoms with Gasteiger partial charge in [0.25, 0.3) is 0 Å². The number of hydrogen-bond acceptors (Lipinski definition) is 3. The number of benzene rings is 2. The molecule has 0 saturated carbocycles. The Morgan fingerprint density at radius 3 is 2.58 bits per heavy atom. The molecule has 0 fully saturated rings. The van der Waals surface area contributed by atoms with Crippen molar-refractivity contribution in [2.75, 3.05) is 20.8 Å². The van der Waals surface area contributed by atoms with Crippen molar-refractivity contribution in [1.82, 2.24) is 4.90 Å². The predicted molar refractivity (Wildman–Crippen MR) is 106 cm³/mol. The Kier molecular flexibility index (Phi) is 7.37. The van der Waals surface area contributed by atoms with Gasteiger partial charge in [0.05, 0.1) is 18.7 Å². The van der Waals surface area contributed by atoms with Crippen LogP contribution in [0, 0.1) is 0 Å². The minimum absolute atomic E-state index is 0.144. The first-order valence-corrected chi connectivity index (χ1v) is 8.88. The van der Waals surface area contributed by atoms with Gasteiger partial charge in [0.15, 0.2) is 11.5 Å². The number of hydrogen-bond donors (Lipinski definition) is 0. The second-order valence-electron chi connectivity index (χ2n) is 5.59. The van der Waals surface area contributed by atoms with Crippen molar-refractivity contribution in [2.45, 2.75) is 13.5 Å². The molecule has 0 spiro atoms. The van der Waals surface area contributed by atoms with Crippen molar-refractivity contribution < 1.29 is 14.3 Å². The average Bonchev–Trinajstić information content (AvgIpc) is 2.61. The van der Waals surface area contributed by atoms with Crippen LogP contribution in [0.5, 0.6) is 11.5 Å². The van der Waals surface area contributed by atoms with Gasteiger partial charge in [0.1, 0.15) is 0 Å². The molecular formula is C20H21Cl2NO3. The van der Waals surface area contributed by atoms with Crippen LogP contribution in [0.2, 0.25) is 10.0 Å². The molecule has 138 valence electrons. The third-order valence-corrected chi connectivity index (χ3v) is 4.35. The highest BCUT2D eigenvalue weighted by atomic mass is 35.5. The van der Waals surface area contributed by atoms with Crippen LogP contribution in [0.3, 0.4) is 0 Å². The van der Waals surface area contributed by atoms with Gasteiger partial charge in [-0.1, -0.05) is 41.4 Å². The lowest BCUT2D eigenvalue weighted by atomic mass is 10.1. The molecule has 0 aliphatic heterocycles. The maximum atomic E-state index is 12.4. The van der Waals surface area contributed by atoms with Crippen LogP contribution in [0.1, 0.15) is 18.1 Å². The molecule has 0 atom stereocenters. The molecule has 26 heavy (non-hydrogen) atoms. The summed E-state index contributed by atoms with van der Waals surface area (Å²) in [5.74, 6) is 0.877. The average molecular weight is 394 g/mol. The van der Waals surface area contributed by atoms with E-state index in [1.807, 2.05) is 25.1 Å². The Morgan fingerprint density at radius 1 is 1.19 bits per heavy atom. The summed E-state index contributed by atoms with van der Waals surface area (Å²) < 4.78 is 10.8. The largest absolute Gasteiger partial charge is 0.491 e. The van der Waals surface area contributed by atoms with Gasteiger partial charge in [-0.2, -0.15) is 0 Å². The molecule has 0 radical (unpaired) electrons. The van der Waals surface area contributed by atoms with E-state index in [2.05, 4.69) is 0 Å². The molecular weight excluding hydrogens is 373 g/mol. The highest BCUT2D eigenvalue weighted by Crippen LogP contribution is 2.36. The number of amides is 1. The molecule has 0 N–H and O–H groups in total. The van der Waals surface area contributed by atoms with Gasteiger partial charge in [0.2, 0.25) is 5.91 Å². The first kappa shape index (κ1) is 20.1. The normalized spacial score (nSPS) is 10.8. The lowest BCUT2D eigenvalue weighted by Crippen LogP contribution is -2.24. The van der Waals surface area contributed by atoms with Gasteiger partial charge in [0, 0.05) is 24.7 Å². The van der Waals surface area contributed by atoms with Crippen molar-refractivity contribution in [3.63, 3.8) is 0 Å². The highest BCUT2D eigenvalue weighted by molar-refractivity contribution is 6.32. The molecule has 2 aromatic carbocycles. The minimum atomic E-state index is -0.144. The zero-order chi connectivity index (χ0) is 19.1. The molecule has 0 aliphatic carbocycles. The fourth-order valence-electron chi connectivity index (χ4n) is 2.40. The number of carbonyl (C=O) groups excluding carboxylic acids is 1. The van der Waals surface area contributed by atoms with Crippen molar-refractivity contribution >= 4 is 35.2 Å². The van der Waals surface area contributed by atoms with Gasteiger partial charge in [-0.05, 0) is 42.3 Å². The summed E-state index contributed by atoms with van der Waals surface area (Å²) in [6.45, 7) is 2.79. The molecule has 0 aromatic heterocycles. The van der Waals surface area contributed by atoms with E-state index in [9.17, 15) is 4.79 Å². The molecule has 0 unspecified atom stereocenters. The molecule has 1 amide bonds. The highest BCUT2D eigenvalue weighted by Gasteiger charge is 2.12. The maximum absolute atomic E-state index is 12.4. The molecule has 0 saturated heterocycles. The van der Waals surface area contributed by atoms with Crippen LogP contribution >= 0.6 is 23.2 Å². The number of methoxy groups -OCH3 is 1. The van der Waals surface area contributed by atoms with E-state index in [0.717, 1.165) is 11.1 Å². The summed E-state index contributed by atoms with van der Waals surface area (Å²) in [6, 6.07) is 11.0. The van der Waals surface area contributed by atoms with E-state index in [0.29, 0.717) is 34.7 Å². The number of carbonyl (C=O) groups is 1. The van der Waals surface area contributed by atoms with E-state index in [-0.39, 0.29) is 5.91 Å². The quantitative estimate of drug-likeness (QED) is 0.616. The van der Waals surface area contributed by atoms with Gasteiger partial charge in [-0.3, -0.25) is 4.79 Å². The van der Waals surface area contributed by atoms with Crippen LogP contribution in [-0.2, 0) is 11.3 Å². The first-order valence-electron chi connectivity index (χ1n) is 8.13. The van der Waals surface area contributed by atoms with E-state index in [1.165, 1.54) is 13.2 Å². The third-order valence-electron chi connectivity index (χ3n) is 3.70. The lowest BCUT2D eigenvalue weighted by Gasteiger charge is -2.16. The number of rotatable bonds is 7. The summed E-state index contributed by atoms with van der Waals surface area (Å²) in [6.07, 6.45) is 3.18. The zero-order valence-corrected chi connectivity index (χ0v) is 16.5. The van der Waals surface area contributed by atoms with Crippen molar-refractivity contribution in [3.05, 3.63) is 63.6 Å². The lowest BCUT2D eigenvalue weighted by molar-refractivity contribution is -0.125. The monoisotopic (exact) mass is 393 g/mol. The Bertz CT molecular complexity index is 806. The summed E-state index contributed by atoms with van der Waals surface area (Å²) in [4.78, 5) is 13.9. The molecule has 0 aliphatic rings. The van der Waals surface area contributed by atoms with E-state index < -0.39 is 0 Å². The van der Waals surface area contributed by atoms with Crippen LogP contribution in [0.4, 0.5) is 0 Å². The smallest absolute Gasteiger partial charge is 0.246 e. The summed E-state index contributed by atoms with van der Waals surface area (Å²) in [5.41, 5.74) is 1.64. The minimum Gasteiger partial charge on any atom is -0.491 e. The Balaban J connectivity index is 2.13.